The summed E-state index contributed by atoms with van der Waals surface area (Å²) in [4.78, 5) is 14.4. The van der Waals surface area contributed by atoms with Gasteiger partial charge in [-0.15, -0.1) is 0 Å². The lowest BCUT2D eigenvalue weighted by Gasteiger charge is -2.30. The molecule has 21 heavy (non-hydrogen) atoms. The van der Waals surface area contributed by atoms with Gasteiger partial charge in [-0.3, -0.25) is 4.79 Å². The molecule has 3 nitrogen and oxygen atoms in total. The molecule has 2 aromatic carbocycles. The largest absolute Gasteiger partial charge is 0.506 e. The van der Waals surface area contributed by atoms with Crippen molar-refractivity contribution in [2.75, 3.05) is 11.4 Å². The fourth-order valence-electron chi connectivity index (χ4n) is 2.87. The third-order valence-electron chi connectivity index (χ3n) is 4.05. The molecule has 2 aromatic rings. The van der Waals surface area contributed by atoms with Gasteiger partial charge in [-0.25, -0.2) is 0 Å². The number of carbonyl (C=O) groups excluding carboxylic acids is 1. The van der Waals surface area contributed by atoms with Gasteiger partial charge in [0.05, 0.1) is 5.69 Å². The van der Waals surface area contributed by atoms with Gasteiger partial charge in [-0.05, 0) is 48.6 Å². The lowest BCUT2D eigenvalue weighted by molar-refractivity contribution is 0.0984. The molecule has 1 N–H and O–H groups in total. The monoisotopic (exact) mass is 281 g/mol. The zero-order valence-electron chi connectivity index (χ0n) is 12.2. The minimum atomic E-state index is -0.0416. The number of nitrogens with zero attached hydrogens (tertiary/aromatic N) is 1. The molecule has 0 saturated heterocycles. The first-order chi connectivity index (χ1) is 10.2. The number of rotatable bonds is 2. The van der Waals surface area contributed by atoms with Crippen LogP contribution in [0.15, 0.2) is 42.5 Å². The lowest BCUT2D eigenvalue weighted by Crippen LogP contribution is -2.35. The number of para-hydroxylation sites is 1. The second-order valence-corrected chi connectivity index (χ2v) is 5.40. The normalized spacial score (nSPS) is 13.9. The number of carbonyl (C=O) groups is 1. The maximum absolute atomic E-state index is 12.7. The van der Waals surface area contributed by atoms with E-state index in [-0.39, 0.29) is 11.7 Å². The van der Waals surface area contributed by atoms with Crippen molar-refractivity contribution < 1.29 is 9.90 Å². The fourth-order valence-corrected chi connectivity index (χ4v) is 2.87. The summed E-state index contributed by atoms with van der Waals surface area (Å²) in [6, 6.07) is 13.2. The molecule has 3 heteroatoms. The smallest absolute Gasteiger partial charge is 0.258 e. The molecule has 0 spiro atoms. The Morgan fingerprint density at radius 1 is 1.19 bits per heavy atom. The number of amides is 1. The molecular weight excluding hydrogens is 262 g/mol. The van der Waals surface area contributed by atoms with E-state index in [1.165, 1.54) is 5.56 Å². The number of benzene rings is 2. The quantitative estimate of drug-likeness (QED) is 0.914. The molecule has 0 aromatic heterocycles. The minimum Gasteiger partial charge on any atom is -0.506 e. The van der Waals surface area contributed by atoms with Crippen molar-refractivity contribution in [3.8, 4) is 5.75 Å². The van der Waals surface area contributed by atoms with Crippen LogP contribution in [-0.4, -0.2) is 17.6 Å². The van der Waals surface area contributed by atoms with Gasteiger partial charge >= 0.3 is 0 Å². The summed E-state index contributed by atoms with van der Waals surface area (Å²) in [6.45, 7) is 2.74. The van der Waals surface area contributed by atoms with E-state index in [4.69, 9.17) is 0 Å². The standard InChI is InChI=1S/C18H19NO2/c1-2-13-8-10-15(11-9-13)18(21)19-12-4-6-14-5-3-7-16(20)17(14)19/h3,5,7-11,20H,2,4,6,12H2,1H3. The molecule has 0 saturated carbocycles. The van der Waals surface area contributed by atoms with E-state index in [1.807, 2.05) is 36.4 Å². The van der Waals surface area contributed by atoms with E-state index >= 15 is 0 Å². The van der Waals surface area contributed by atoms with E-state index in [1.54, 1.807) is 11.0 Å². The van der Waals surface area contributed by atoms with Gasteiger partial charge < -0.3 is 10.0 Å². The summed E-state index contributed by atoms with van der Waals surface area (Å²) >= 11 is 0. The molecule has 1 heterocycles. The number of fused-ring (bicyclic) bond motifs is 1. The number of phenols is 1. The third kappa shape index (κ3) is 2.51. The SMILES string of the molecule is CCc1ccc(C(=O)N2CCCc3cccc(O)c32)cc1. The molecule has 0 radical (unpaired) electrons. The summed E-state index contributed by atoms with van der Waals surface area (Å²) in [5.74, 6) is 0.144. The van der Waals surface area contributed by atoms with Crippen molar-refractivity contribution in [1.29, 1.82) is 0 Å². The Balaban J connectivity index is 1.96. The van der Waals surface area contributed by atoms with Crippen LogP contribution < -0.4 is 4.90 Å². The highest BCUT2D eigenvalue weighted by Gasteiger charge is 2.26. The van der Waals surface area contributed by atoms with Crippen LogP contribution in [0.4, 0.5) is 5.69 Å². The van der Waals surface area contributed by atoms with E-state index in [0.29, 0.717) is 17.8 Å². The maximum Gasteiger partial charge on any atom is 0.258 e. The Morgan fingerprint density at radius 2 is 1.95 bits per heavy atom. The Labute approximate surface area is 124 Å². The van der Waals surface area contributed by atoms with E-state index in [2.05, 4.69) is 6.92 Å². The first kappa shape index (κ1) is 13.7. The zero-order chi connectivity index (χ0) is 14.8. The Hall–Kier alpha value is -2.29. The van der Waals surface area contributed by atoms with Gasteiger partial charge in [0.1, 0.15) is 5.75 Å². The summed E-state index contributed by atoms with van der Waals surface area (Å²) < 4.78 is 0. The molecule has 0 aliphatic carbocycles. The summed E-state index contributed by atoms with van der Waals surface area (Å²) in [5, 5.41) is 10.1. The molecule has 1 aliphatic heterocycles. The van der Waals surface area contributed by atoms with E-state index in [0.717, 1.165) is 24.8 Å². The second kappa shape index (κ2) is 5.60. The zero-order valence-corrected chi connectivity index (χ0v) is 12.2. The molecular formula is C18H19NO2. The van der Waals surface area contributed by atoms with Crippen molar-refractivity contribution in [3.05, 3.63) is 59.2 Å². The van der Waals surface area contributed by atoms with Crippen LogP contribution in [0, 0.1) is 0 Å². The molecule has 1 aliphatic rings. The highest BCUT2D eigenvalue weighted by atomic mass is 16.3. The van der Waals surface area contributed by atoms with Crippen molar-refractivity contribution in [2.24, 2.45) is 0 Å². The summed E-state index contributed by atoms with van der Waals surface area (Å²) in [5.41, 5.74) is 3.60. The average molecular weight is 281 g/mol. The number of hydrogen-bond acceptors (Lipinski definition) is 2. The van der Waals surface area contributed by atoms with Gasteiger partial charge in [0.15, 0.2) is 0 Å². The van der Waals surface area contributed by atoms with Crippen LogP contribution in [-0.2, 0) is 12.8 Å². The second-order valence-electron chi connectivity index (χ2n) is 5.40. The van der Waals surface area contributed by atoms with Crippen LogP contribution >= 0.6 is 0 Å². The molecule has 0 bridgehead atoms. The number of hydrogen-bond donors (Lipinski definition) is 1. The van der Waals surface area contributed by atoms with Crippen LogP contribution in [0.5, 0.6) is 5.75 Å². The topological polar surface area (TPSA) is 40.5 Å². The van der Waals surface area contributed by atoms with Gasteiger partial charge in [0.25, 0.3) is 5.91 Å². The van der Waals surface area contributed by atoms with Crippen LogP contribution in [0.25, 0.3) is 0 Å². The first-order valence-corrected chi connectivity index (χ1v) is 7.42. The molecule has 3 rings (SSSR count). The summed E-state index contributed by atoms with van der Waals surface area (Å²) in [7, 11) is 0. The Morgan fingerprint density at radius 3 is 2.67 bits per heavy atom. The molecule has 0 fully saturated rings. The van der Waals surface area contributed by atoms with Crippen LogP contribution in [0.1, 0.15) is 34.8 Å². The van der Waals surface area contributed by atoms with Crippen molar-refractivity contribution >= 4 is 11.6 Å². The highest BCUT2D eigenvalue weighted by molar-refractivity contribution is 6.07. The molecule has 108 valence electrons. The van der Waals surface area contributed by atoms with Gasteiger partial charge in [0, 0.05) is 12.1 Å². The molecule has 0 atom stereocenters. The third-order valence-corrected chi connectivity index (χ3v) is 4.05. The predicted octanol–water partition coefficient (Wildman–Crippen LogP) is 3.55. The predicted molar refractivity (Wildman–Crippen MR) is 83.9 cm³/mol. The van der Waals surface area contributed by atoms with E-state index < -0.39 is 0 Å². The van der Waals surface area contributed by atoms with Crippen LogP contribution in [0.2, 0.25) is 0 Å². The van der Waals surface area contributed by atoms with E-state index in [9.17, 15) is 9.90 Å². The highest BCUT2D eigenvalue weighted by Crippen LogP contribution is 2.36. The molecule has 0 unspecified atom stereocenters. The van der Waals surface area contributed by atoms with Gasteiger partial charge in [0.2, 0.25) is 0 Å². The molecule has 1 amide bonds. The number of aryl methyl sites for hydroxylation is 2. The maximum atomic E-state index is 12.7. The fraction of sp³-hybridized carbons (Fsp3) is 0.278. The number of phenolic OH excluding ortho intramolecular Hbond substituents is 1. The number of anilines is 1. The summed E-state index contributed by atoms with van der Waals surface area (Å²) in [6.07, 6.45) is 2.79. The van der Waals surface area contributed by atoms with Gasteiger partial charge in [-0.1, -0.05) is 31.2 Å². The van der Waals surface area contributed by atoms with Crippen molar-refractivity contribution in [3.63, 3.8) is 0 Å². The van der Waals surface area contributed by atoms with Crippen molar-refractivity contribution in [2.45, 2.75) is 26.2 Å². The number of aromatic hydroxyl groups is 1. The van der Waals surface area contributed by atoms with Crippen LogP contribution in [0.3, 0.4) is 0 Å². The lowest BCUT2D eigenvalue weighted by atomic mass is 9.99. The van der Waals surface area contributed by atoms with Gasteiger partial charge in [-0.2, -0.15) is 0 Å². The average Bonchev–Trinajstić information content (AvgIpc) is 2.54. The Bertz CT molecular complexity index is 661. The minimum absolute atomic E-state index is 0.0416. The first-order valence-electron chi connectivity index (χ1n) is 7.42. The van der Waals surface area contributed by atoms with Crippen molar-refractivity contribution in [1.82, 2.24) is 0 Å². The Kier molecular flexibility index (Phi) is 3.65.